The maximum atomic E-state index is 12.5. The van der Waals surface area contributed by atoms with Crippen LogP contribution in [0.4, 0.5) is 23.3 Å². The number of aromatic nitrogens is 8. The molecule has 67 heavy (non-hydrogen) atoms. The molecule has 0 fully saturated rings. The third-order valence-electron chi connectivity index (χ3n) is 12.3. The first-order chi connectivity index (χ1) is 32.1. The number of fused-ring (bicyclic) bond motifs is 4. The van der Waals surface area contributed by atoms with Gasteiger partial charge >= 0.3 is 0 Å². The van der Waals surface area contributed by atoms with Gasteiger partial charge in [-0.1, -0.05) is 43.9 Å². The molecule has 0 unspecified atom stereocenters. The van der Waals surface area contributed by atoms with Crippen molar-refractivity contribution in [2.75, 3.05) is 17.2 Å². The molecule has 0 amide bonds. The molecule has 21 heteroatoms. The Bertz CT molecular complexity index is 2850. The van der Waals surface area contributed by atoms with Gasteiger partial charge < -0.3 is 21.1 Å². The second-order valence-corrected chi connectivity index (χ2v) is 28.1. The zero-order valence-corrected chi connectivity index (χ0v) is 41.6. The third kappa shape index (κ3) is 12.1. The Morgan fingerprint density at radius 3 is 1.76 bits per heavy atom. The number of sulfonamides is 1. The number of hydrogen-bond donors (Lipinski definition) is 5. The van der Waals surface area contributed by atoms with E-state index in [4.69, 9.17) is 21.2 Å². The van der Waals surface area contributed by atoms with E-state index in [-0.39, 0.29) is 24.4 Å². The maximum Gasteiger partial charge on any atom is 0.298 e. The number of nitrogens with one attached hydrogen (secondary N) is 4. The van der Waals surface area contributed by atoms with E-state index in [1.54, 1.807) is 24.5 Å². The van der Waals surface area contributed by atoms with Gasteiger partial charge in [0.2, 0.25) is 11.9 Å². The predicted molar refractivity (Wildman–Crippen MR) is 261 cm³/mol. The minimum Gasteiger partial charge on any atom is -0.359 e. The van der Waals surface area contributed by atoms with E-state index in [1.165, 1.54) is 49.2 Å². The average Bonchev–Trinajstić information content (AvgIpc) is 4.17. The van der Waals surface area contributed by atoms with Gasteiger partial charge in [-0.2, -0.15) is 9.97 Å². The third-order valence-corrected chi connectivity index (χ3v) is 16.3. The van der Waals surface area contributed by atoms with E-state index in [1.807, 2.05) is 24.3 Å². The molecule has 6 N–H and O–H groups in total. The number of H-pyrrole nitrogens is 1. The molecule has 0 bridgehead atoms. The largest absolute Gasteiger partial charge is 0.359 e. The Morgan fingerprint density at radius 1 is 0.746 bits per heavy atom. The van der Waals surface area contributed by atoms with Crippen molar-refractivity contribution in [2.24, 2.45) is 5.73 Å². The molecule has 0 saturated heterocycles. The van der Waals surface area contributed by atoms with Crippen molar-refractivity contribution >= 4 is 61.1 Å². The fraction of sp³-hybridized carbons (Fsp3) is 0.435. The highest BCUT2D eigenvalue weighted by atomic mass is 35.7. The quantitative estimate of drug-likeness (QED) is 0.0390. The highest BCUT2D eigenvalue weighted by Gasteiger charge is 2.28. The van der Waals surface area contributed by atoms with Crippen molar-refractivity contribution in [1.29, 1.82) is 0 Å². The number of nitrogens with zero attached hydrogens (tertiary/aromatic N) is 7. The number of hydrogen-bond acceptors (Lipinski definition) is 14. The van der Waals surface area contributed by atoms with Crippen LogP contribution in [0.2, 0.25) is 25.7 Å². The van der Waals surface area contributed by atoms with Crippen LogP contribution in [0, 0.1) is 0 Å². The standard InChI is InChI=1S/C20H29ClN4O3SSi.C20H22N6O2S.C6H8N2/c1-30(2,3)11-10-28-13-25-19(23-20(24-25)29(21,26)27)22-18-16-8-4-6-14(16)12-15-7-5-9-17(15)18;27-29(28,22-12-15-7-1-2-10-21-15)20-24-19(25-26-20)23-18-16-8-3-5-13(16)11-14-6-4-9-17(14)18;7-5-6-3-1-2-4-8-6/h12H,4-11,13H2,1-3H3,(H,22,23,24);1-2,7,10-11,22H,3-6,8-9,12H2,(H2,23,24,25,26);1-4H,5,7H2. The number of halogens is 1. The van der Waals surface area contributed by atoms with Crippen LogP contribution in [0.25, 0.3) is 0 Å². The molecule has 4 aliphatic carbocycles. The van der Waals surface area contributed by atoms with Gasteiger partial charge in [0.15, 0.2) is 0 Å². The summed E-state index contributed by atoms with van der Waals surface area (Å²) in [4.78, 5) is 16.5. The molecule has 0 atom stereocenters. The van der Waals surface area contributed by atoms with E-state index in [9.17, 15) is 16.8 Å². The Balaban J connectivity index is 0.000000156. The molecule has 0 aliphatic heterocycles. The fourth-order valence-corrected chi connectivity index (χ4v) is 11.2. The minimum absolute atomic E-state index is 0.0896. The highest BCUT2D eigenvalue weighted by Crippen LogP contribution is 2.41. The molecule has 6 aromatic rings. The van der Waals surface area contributed by atoms with Crippen LogP contribution >= 0.6 is 10.7 Å². The van der Waals surface area contributed by atoms with Crippen LogP contribution in [0.1, 0.15) is 81.6 Å². The van der Waals surface area contributed by atoms with E-state index in [2.05, 4.69) is 82.4 Å². The second kappa shape index (κ2) is 21.0. The van der Waals surface area contributed by atoms with Crippen molar-refractivity contribution in [3.63, 3.8) is 0 Å². The summed E-state index contributed by atoms with van der Waals surface area (Å²) in [6.07, 6.45) is 16.4. The first kappa shape index (κ1) is 48.4. The van der Waals surface area contributed by atoms with Crippen LogP contribution < -0.4 is 21.1 Å². The number of ether oxygens (including phenoxy) is 1. The lowest BCUT2D eigenvalue weighted by atomic mass is 9.99. The Labute approximate surface area is 398 Å². The van der Waals surface area contributed by atoms with Gasteiger partial charge in [0.1, 0.15) is 6.73 Å². The first-order valence-electron chi connectivity index (χ1n) is 22.9. The zero-order chi connectivity index (χ0) is 47.2. The summed E-state index contributed by atoms with van der Waals surface area (Å²) in [7, 11) is -3.54. The summed E-state index contributed by atoms with van der Waals surface area (Å²) >= 11 is 0. The Kier molecular flexibility index (Phi) is 15.2. The Hall–Kier alpha value is -5.09. The molecule has 0 radical (unpaired) electrons. The minimum atomic E-state index is -4.03. The molecule has 4 heterocycles. The monoisotopic (exact) mass is 986 g/mol. The molecule has 0 saturated carbocycles. The van der Waals surface area contributed by atoms with Crippen LogP contribution in [0.5, 0.6) is 0 Å². The summed E-state index contributed by atoms with van der Waals surface area (Å²) in [6, 6.07) is 16.8. The molecular formula is C46H59ClN12O5S2Si. The number of nitrogens with two attached hydrogens (primary N) is 1. The average molecular weight is 988 g/mol. The summed E-state index contributed by atoms with van der Waals surface area (Å²) in [6.45, 7) is 8.21. The smallest absolute Gasteiger partial charge is 0.298 e. The highest BCUT2D eigenvalue weighted by molar-refractivity contribution is 8.13. The number of aromatic amines is 1. The summed E-state index contributed by atoms with van der Waals surface area (Å²) < 4.78 is 58.6. The normalized spacial score (nSPS) is 14.9. The van der Waals surface area contributed by atoms with Gasteiger partial charge in [-0.05, 0) is 152 Å². The summed E-state index contributed by atoms with van der Waals surface area (Å²) in [5.41, 5.74) is 19.9. The van der Waals surface area contributed by atoms with E-state index < -0.39 is 32.3 Å². The SMILES string of the molecule is C[Si](C)(C)CCOCn1nc(S(=O)(=O)Cl)nc1Nc1c2c(cc3c1CCC3)CCC2.NCc1ccccn1.O=S(=O)(NCc1ccccn1)c1nc(Nc2c3c(cc4c2CCC4)CCC3)n[nH]1. The molecule has 2 aromatic carbocycles. The molecule has 0 spiro atoms. The zero-order valence-electron chi connectivity index (χ0n) is 38.2. The van der Waals surface area contributed by atoms with Crippen LogP contribution in [0.3, 0.4) is 0 Å². The van der Waals surface area contributed by atoms with Crippen molar-refractivity contribution < 1.29 is 21.6 Å². The van der Waals surface area contributed by atoms with Gasteiger partial charge in [0, 0.05) is 55.7 Å². The summed E-state index contributed by atoms with van der Waals surface area (Å²) in [5.74, 6) is 0.634. The number of anilines is 4. The molecule has 10 rings (SSSR count). The van der Waals surface area contributed by atoms with Crippen LogP contribution in [-0.4, -0.2) is 71.4 Å². The van der Waals surface area contributed by atoms with Gasteiger partial charge in [-0.25, -0.2) is 31.3 Å². The topological polar surface area (TPSA) is 238 Å². The van der Waals surface area contributed by atoms with Crippen molar-refractivity contribution in [3.05, 3.63) is 117 Å². The first-order valence-corrected chi connectivity index (χ1v) is 30.4. The van der Waals surface area contributed by atoms with E-state index in [0.717, 1.165) is 100 Å². The molecule has 356 valence electrons. The number of rotatable bonds is 15. The Morgan fingerprint density at radius 2 is 1.28 bits per heavy atom. The number of aryl methyl sites for hydroxylation is 4. The van der Waals surface area contributed by atoms with Crippen molar-refractivity contribution in [2.45, 2.75) is 133 Å². The molecule has 4 aromatic heterocycles. The van der Waals surface area contributed by atoms with Gasteiger partial charge in [0.05, 0.1) is 17.9 Å². The molecule has 4 aliphatic rings. The van der Waals surface area contributed by atoms with Crippen molar-refractivity contribution in [1.82, 2.24) is 44.6 Å². The summed E-state index contributed by atoms with van der Waals surface area (Å²) in [5, 5.41) is 16.9. The molecular weight excluding hydrogens is 928 g/mol. The lowest BCUT2D eigenvalue weighted by Crippen LogP contribution is -2.24. The van der Waals surface area contributed by atoms with E-state index in [0.29, 0.717) is 24.8 Å². The van der Waals surface area contributed by atoms with Crippen LogP contribution in [0.15, 0.2) is 71.2 Å². The van der Waals surface area contributed by atoms with Crippen molar-refractivity contribution in [3.8, 4) is 0 Å². The second-order valence-electron chi connectivity index (χ2n) is 18.4. The number of benzene rings is 2. The van der Waals surface area contributed by atoms with Gasteiger partial charge in [0.25, 0.3) is 29.4 Å². The van der Waals surface area contributed by atoms with Gasteiger partial charge in [-0.15, -0.1) is 10.2 Å². The fourth-order valence-electron chi connectivity index (χ4n) is 8.98. The lowest BCUT2D eigenvalue weighted by molar-refractivity contribution is 0.0792. The van der Waals surface area contributed by atoms with Gasteiger partial charge in [-0.3, -0.25) is 9.97 Å². The maximum absolute atomic E-state index is 12.5. The predicted octanol–water partition coefficient (Wildman–Crippen LogP) is 7.18. The van der Waals surface area contributed by atoms with Crippen LogP contribution in [-0.2, 0) is 95.0 Å². The van der Waals surface area contributed by atoms with E-state index >= 15 is 0 Å². The lowest BCUT2D eigenvalue weighted by Gasteiger charge is -2.18. The molecule has 17 nitrogen and oxygen atoms in total. The number of pyridine rings is 2.